The summed E-state index contributed by atoms with van der Waals surface area (Å²) in [4.78, 5) is 10.0. The number of fused-ring (bicyclic) bond motifs is 4. The van der Waals surface area contributed by atoms with E-state index in [0.29, 0.717) is 5.92 Å². The number of hydrogen-bond acceptors (Lipinski definition) is 3. The first kappa shape index (κ1) is 47.7. The monoisotopic (exact) mass is 1090 g/mol. The van der Waals surface area contributed by atoms with Gasteiger partial charge in [-0.25, -0.2) is 0 Å². The number of nitrogens with zero attached hydrogens (tertiary/aromatic N) is 3. The number of hydrogen-bond donors (Lipinski definition) is 0. The maximum absolute atomic E-state index is 6.75. The van der Waals surface area contributed by atoms with E-state index < -0.39 is 8.07 Å². The van der Waals surface area contributed by atoms with Gasteiger partial charge >= 0.3 is 0 Å². The molecule has 2 aliphatic carbocycles. The number of para-hydroxylation sites is 2. The van der Waals surface area contributed by atoms with Crippen LogP contribution >= 0.6 is 0 Å². The van der Waals surface area contributed by atoms with Gasteiger partial charge in [-0.05, 0) is 94.4 Å². The molecule has 68 heavy (non-hydrogen) atoms. The number of benzene rings is 6. The SMILES string of the molecule is CC(C)(C)c1ccc(-n2c(-c3[c-]ccc4c3oc3cc(C5CCCCC5)ccc34)nc3ccccc32)c(-c2ccccc2)c1.C[Si](C)(C)c1cnc(-c2[c-]cccc2)cc1CC1CCCCC1.[Ir]. The maximum Gasteiger partial charge on any atom is 0.121 e. The second-order valence-electron chi connectivity index (χ2n) is 21.4. The Labute approximate surface area is 419 Å². The standard InChI is InChI=1S/C41H37N2O.C21H28NSi.Ir/c1-41(2,3)30-22-24-36(34(26-30)28-15-8-5-9-16-28)43-37-20-11-10-19-35(37)42-40(43)33-18-12-17-32-31-23-21-29(25-38(31)44-39(32)33)27-13-6-4-7-14-27;1-23(2,3)21-16-22-20(18-12-8-5-9-13-18)15-19(21)14-17-10-6-4-7-11-17;/h5,8-12,15-17,19-27H,4,6-7,13-14H2,1-3H3;5,8-9,12,15-17H,4,6-7,10-11,14H2,1-3H3;/q2*-1;. The normalized spacial score (nSPS) is 15.0. The Morgan fingerprint density at radius 2 is 1.44 bits per heavy atom. The van der Waals surface area contributed by atoms with Gasteiger partial charge in [0.1, 0.15) is 5.58 Å². The predicted octanol–water partition coefficient (Wildman–Crippen LogP) is 16.6. The van der Waals surface area contributed by atoms with Crippen molar-refractivity contribution in [2.75, 3.05) is 0 Å². The largest absolute Gasteiger partial charge is 0.501 e. The molecule has 11 rings (SSSR count). The van der Waals surface area contributed by atoms with Gasteiger partial charge in [0.25, 0.3) is 0 Å². The molecule has 0 aliphatic heterocycles. The third-order valence-electron chi connectivity index (χ3n) is 14.5. The fraction of sp³-hybridized carbons (Fsp3) is 0.323. The molecular weight excluding hydrogens is 1020 g/mol. The van der Waals surface area contributed by atoms with Crippen molar-refractivity contribution < 1.29 is 24.5 Å². The molecular formula is C62H65IrN3OSi-2. The quantitative estimate of drug-likeness (QED) is 0.112. The summed E-state index contributed by atoms with van der Waals surface area (Å²) in [6.45, 7) is 14.1. The summed E-state index contributed by atoms with van der Waals surface area (Å²) in [6.07, 6.45) is 17.0. The van der Waals surface area contributed by atoms with Crippen molar-refractivity contribution in [2.24, 2.45) is 5.92 Å². The first-order valence-electron chi connectivity index (χ1n) is 25.0. The number of imidazole rings is 1. The Balaban J connectivity index is 0.000000204. The van der Waals surface area contributed by atoms with Gasteiger partial charge in [0.15, 0.2) is 0 Å². The van der Waals surface area contributed by atoms with Crippen LogP contribution in [0.2, 0.25) is 19.6 Å². The van der Waals surface area contributed by atoms with E-state index in [-0.39, 0.29) is 25.5 Å². The van der Waals surface area contributed by atoms with Crippen molar-refractivity contribution in [2.45, 2.75) is 122 Å². The van der Waals surface area contributed by atoms with Gasteiger partial charge in [-0.15, -0.1) is 54.1 Å². The van der Waals surface area contributed by atoms with E-state index in [1.54, 1.807) is 10.8 Å². The number of aromatic nitrogens is 3. The fourth-order valence-electron chi connectivity index (χ4n) is 10.8. The minimum atomic E-state index is -1.36. The topological polar surface area (TPSA) is 43.9 Å². The van der Waals surface area contributed by atoms with Crippen LogP contribution in [-0.2, 0) is 31.9 Å². The van der Waals surface area contributed by atoms with Crippen molar-refractivity contribution in [3.63, 3.8) is 0 Å². The second-order valence-corrected chi connectivity index (χ2v) is 26.4. The Kier molecular flexibility index (Phi) is 14.2. The van der Waals surface area contributed by atoms with E-state index in [9.17, 15) is 0 Å². The fourth-order valence-corrected chi connectivity index (χ4v) is 12.4. The Hall–Kier alpha value is -5.39. The van der Waals surface area contributed by atoms with Crippen LogP contribution in [0, 0.1) is 18.1 Å². The van der Waals surface area contributed by atoms with E-state index in [2.05, 4.69) is 179 Å². The van der Waals surface area contributed by atoms with Crippen molar-refractivity contribution in [1.29, 1.82) is 0 Å². The molecule has 9 aromatic rings. The Bertz CT molecular complexity index is 3140. The molecule has 2 saturated carbocycles. The summed E-state index contributed by atoms with van der Waals surface area (Å²) in [7, 11) is -1.36. The Morgan fingerprint density at radius 3 is 2.18 bits per heavy atom. The van der Waals surface area contributed by atoms with Crippen LogP contribution in [0.5, 0.6) is 0 Å². The molecule has 0 bridgehead atoms. The first-order valence-corrected chi connectivity index (χ1v) is 28.5. The van der Waals surface area contributed by atoms with E-state index in [1.807, 2.05) is 18.2 Å². The smallest absolute Gasteiger partial charge is 0.121 e. The molecule has 1 radical (unpaired) electrons. The van der Waals surface area contributed by atoms with E-state index in [4.69, 9.17) is 14.4 Å². The molecule has 0 N–H and O–H groups in total. The molecule has 349 valence electrons. The van der Waals surface area contributed by atoms with Gasteiger partial charge in [-0.2, -0.15) is 0 Å². The van der Waals surface area contributed by atoms with Crippen LogP contribution in [0.3, 0.4) is 0 Å². The second kappa shape index (κ2) is 20.3. The minimum Gasteiger partial charge on any atom is -0.501 e. The zero-order valence-corrected chi connectivity index (χ0v) is 44.2. The summed E-state index contributed by atoms with van der Waals surface area (Å²) >= 11 is 0. The van der Waals surface area contributed by atoms with Crippen molar-refractivity contribution in [3.8, 4) is 39.5 Å². The Morgan fingerprint density at radius 1 is 0.706 bits per heavy atom. The molecule has 6 heteroatoms. The maximum atomic E-state index is 6.75. The summed E-state index contributed by atoms with van der Waals surface area (Å²) < 4.78 is 9.05. The van der Waals surface area contributed by atoms with Gasteiger partial charge in [0, 0.05) is 42.9 Å². The van der Waals surface area contributed by atoms with Gasteiger partial charge in [0.2, 0.25) is 0 Å². The average molecular weight is 1090 g/mol. The molecule has 0 unspecified atom stereocenters. The van der Waals surface area contributed by atoms with Crippen molar-refractivity contribution >= 4 is 46.2 Å². The summed E-state index contributed by atoms with van der Waals surface area (Å²) in [5, 5.41) is 3.80. The van der Waals surface area contributed by atoms with E-state index >= 15 is 0 Å². The number of furan rings is 1. The van der Waals surface area contributed by atoms with Crippen LogP contribution in [0.4, 0.5) is 0 Å². The third kappa shape index (κ3) is 10.0. The molecule has 6 aromatic carbocycles. The summed E-state index contributed by atoms with van der Waals surface area (Å²) in [6, 6.07) is 54.4. The average Bonchev–Trinajstić information content (AvgIpc) is 3.93. The van der Waals surface area contributed by atoms with Crippen molar-refractivity contribution in [1.82, 2.24) is 14.5 Å². The molecule has 2 aliphatic rings. The molecule has 3 heterocycles. The minimum absolute atomic E-state index is 0. The van der Waals surface area contributed by atoms with Crippen LogP contribution in [0.25, 0.3) is 72.4 Å². The van der Waals surface area contributed by atoms with Gasteiger partial charge in [-0.1, -0.05) is 175 Å². The molecule has 0 saturated heterocycles. The molecule has 4 nitrogen and oxygen atoms in total. The van der Waals surface area contributed by atoms with Crippen LogP contribution < -0.4 is 5.19 Å². The first-order chi connectivity index (χ1) is 32.5. The molecule has 2 fully saturated rings. The van der Waals surface area contributed by atoms with Gasteiger partial charge in [-0.3, -0.25) is 4.98 Å². The van der Waals surface area contributed by atoms with Crippen molar-refractivity contribution in [3.05, 3.63) is 168 Å². The van der Waals surface area contributed by atoms with Crippen LogP contribution in [0.15, 0.2) is 144 Å². The predicted molar refractivity (Wildman–Crippen MR) is 284 cm³/mol. The molecule has 0 amide bonds. The molecule has 3 aromatic heterocycles. The summed E-state index contributed by atoms with van der Waals surface area (Å²) in [5.74, 6) is 2.34. The van der Waals surface area contributed by atoms with E-state index in [0.717, 1.165) is 67.2 Å². The van der Waals surface area contributed by atoms with Gasteiger partial charge < -0.3 is 14.0 Å². The van der Waals surface area contributed by atoms with Crippen LogP contribution in [-0.4, -0.2) is 22.6 Å². The number of pyridine rings is 1. The van der Waals surface area contributed by atoms with E-state index in [1.165, 1.54) is 92.9 Å². The van der Waals surface area contributed by atoms with Gasteiger partial charge in [0.05, 0.1) is 30.5 Å². The van der Waals surface area contributed by atoms with Crippen LogP contribution in [0.1, 0.15) is 108 Å². The zero-order valence-electron chi connectivity index (χ0n) is 40.8. The zero-order chi connectivity index (χ0) is 46.1. The summed E-state index contributed by atoms with van der Waals surface area (Å²) in [5.41, 5.74) is 14.6. The molecule has 0 spiro atoms. The number of rotatable bonds is 8. The molecule has 0 atom stereocenters. The third-order valence-corrected chi connectivity index (χ3v) is 16.6.